The SMILES string of the molecule is CCCCCCCCCC/C=C/CCCC[C@@H](O)[C@H](CO)NC(=O)CCCCCCCCCCCCCCCCCCCCCC. The fourth-order valence-electron chi connectivity index (χ4n) is 6.53. The molecule has 0 aliphatic carbocycles. The van der Waals surface area contributed by atoms with Gasteiger partial charge in [0, 0.05) is 6.42 Å². The number of aliphatic hydroxyl groups excluding tert-OH is 2. The van der Waals surface area contributed by atoms with E-state index in [1.165, 1.54) is 173 Å². The maximum atomic E-state index is 12.4. The fraction of sp³-hybridized carbons (Fsp3) is 0.929. The number of rotatable bonds is 38. The minimum atomic E-state index is -0.676. The summed E-state index contributed by atoms with van der Waals surface area (Å²) in [5.74, 6) is -0.0376. The molecule has 2 atom stereocenters. The Morgan fingerprint density at radius 2 is 0.826 bits per heavy atom. The summed E-state index contributed by atoms with van der Waals surface area (Å²) in [6, 6.07) is -0.546. The smallest absolute Gasteiger partial charge is 0.220 e. The first-order chi connectivity index (χ1) is 22.7. The number of carbonyl (C=O) groups excluding carboxylic acids is 1. The molecule has 1 amide bonds. The van der Waals surface area contributed by atoms with Crippen LogP contribution in [0.3, 0.4) is 0 Å². The summed E-state index contributed by atoms with van der Waals surface area (Å²) in [6.07, 6.45) is 47.1. The number of hydrogen-bond acceptors (Lipinski definition) is 3. The molecule has 0 aromatic heterocycles. The summed E-state index contributed by atoms with van der Waals surface area (Å²) in [6.45, 7) is 4.35. The van der Waals surface area contributed by atoms with Crippen LogP contribution >= 0.6 is 0 Å². The number of amides is 1. The van der Waals surface area contributed by atoms with Crippen molar-refractivity contribution >= 4 is 5.91 Å². The number of hydrogen-bond donors (Lipinski definition) is 3. The lowest BCUT2D eigenvalue weighted by atomic mass is 10.0. The quantitative estimate of drug-likeness (QED) is 0.0460. The molecule has 0 aromatic carbocycles. The van der Waals surface area contributed by atoms with Gasteiger partial charge in [-0.15, -0.1) is 0 Å². The average molecular weight is 650 g/mol. The van der Waals surface area contributed by atoms with E-state index in [9.17, 15) is 15.0 Å². The van der Waals surface area contributed by atoms with Crippen LogP contribution in [0.4, 0.5) is 0 Å². The van der Waals surface area contributed by atoms with Crippen LogP contribution in [0.25, 0.3) is 0 Å². The molecule has 274 valence electrons. The molecule has 46 heavy (non-hydrogen) atoms. The molecule has 0 fully saturated rings. The Balaban J connectivity index is 3.51. The molecule has 0 aliphatic rings. The highest BCUT2D eigenvalue weighted by Gasteiger charge is 2.19. The van der Waals surface area contributed by atoms with Crippen molar-refractivity contribution in [2.75, 3.05) is 6.61 Å². The molecular weight excluding hydrogens is 566 g/mol. The molecule has 0 aromatic rings. The van der Waals surface area contributed by atoms with Gasteiger partial charge in [0.15, 0.2) is 0 Å². The van der Waals surface area contributed by atoms with Crippen molar-refractivity contribution in [3.8, 4) is 0 Å². The Labute approximate surface area is 288 Å². The predicted molar refractivity (Wildman–Crippen MR) is 202 cm³/mol. The van der Waals surface area contributed by atoms with Crippen LogP contribution in [-0.2, 0) is 4.79 Å². The van der Waals surface area contributed by atoms with Crippen molar-refractivity contribution in [2.24, 2.45) is 0 Å². The van der Waals surface area contributed by atoms with Crippen LogP contribution in [0, 0.1) is 0 Å². The molecule has 0 aliphatic heterocycles. The van der Waals surface area contributed by atoms with E-state index in [4.69, 9.17) is 0 Å². The summed E-state index contributed by atoms with van der Waals surface area (Å²) in [4.78, 5) is 12.4. The Kier molecular flexibility index (Phi) is 37.8. The van der Waals surface area contributed by atoms with Crippen LogP contribution in [-0.4, -0.2) is 34.9 Å². The summed E-state index contributed by atoms with van der Waals surface area (Å²) >= 11 is 0. The van der Waals surface area contributed by atoms with E-state index in [1.54, 1.807) is 0 Å². The van der Waals surface area contributed by atoms with E-state index in [0.717, 1.165) is 32.1 Å². The molecule has 0 rings (SSSR count). The fourth-order valence-corrected chi connectivity index (χ4v) is 6.53. The van der Waals surface area contributed by atoms with Crippen LogP contribution < -0.4 is 5.32 Å². The van der Waals surface area contributed by atoms with E-state index >= 15 is 0 Å². The third-order valence-electron chi connectivity index (χ3n) is 9.78. The highest BCUT2D eigenvalue weighted by atomic mass is 16.3. The van der Waals surface area contributed by atoms with Crippen molar-refractivity contribution in [3.05, 3.63) is 12.2 Å². The van der Waals surface area contributed by atoms with E-state index in [0.29, 0.717) is 12.8 Å². The number of carbonyl (C=O) groups is 1. The van der Waals surface area contributed by atoms with E-state index in [-0.39, 0.29) is 12.5 Å². The zero-order valence-corrected chi connectivity index (χ0v) is 31.4. The lowest BCUT2D eigenvalue weighted by Gasteiger charge is -2.22. The van der Waals surface area contributed by atoms with Crippen molar-refractivity contribution in [3.63, 3.8) is 0 Å². The van der Waals surface area contributed by atoms with Crippen LogP contribution in [0.5, 0.6) is 0 Å². The lowest BCUT2D eigenvalue weighted by Crippen LogP contribution is -2.45. The molecule has 0 spiro atoms. The Bertz CT molecular complexity index is 622. The largest absolute Gasteiger partial charge is 0.394 e. The maximum Gasteiger partial charge on any atom is 0.220 e. The normalized spacial score (nSPS) is 13.0. The standard InChI is InChI=1S/C42H83NO3/c1-3-5-7-9-11-13-15-17-19-20-21-22-23-24-26-28-30-32-34-36-38-42(46)43-40(39-44)41(45)37-35-33-31-29-27-25-18-16-14-12-10-8-6-4-2/h27,29,40-41,44-45H,3-26,28,30-39H2,1-2H3,(H,43,46)/b29-27+/t40-,41+/m0/s1. The molecule has 0 bridgehead atoms. The summed E-state index contributed by atoms with van der Waals surface area (Å²) in [5, 5.41) is 23.1. The molecule has 4 nitrogen and oxygen atoms in total. The highest BCUT2D eigenvalue weighted by molar-refractivity contribution is 5.76. The average Bonchev–Trinajstić information content (AvgIpc) is 3.06. The van der Waals surface area contributed by atoms with Crippen molar-refractivity contribution in [1.82, 2.24) is 5.32 Å². The van der Waals surface area contributed by atoms with E-state index in [1.807, 2.05) is 0 Å². The Hall–Kier alpha value is -0.870. The highest BCUT2D eigenvalue weighted by Crippen LogP contribution is 2.16. The number of nitrogens with one attached hydrogen (secondary N) is 1. The Morgan fingerprint density at radius 3 is 1.20 bits per heavy atom. The van der Waals surface area contributed by atoms with Gasteiger partial charge in [0.1, 0.15) is 0 Å². The number of allylic oxidation sites excluding steroid dienone is 2. The molecular formula is C42H83NO3. The van der Waals surface area contributed by atoms with Crippen LogP contribution in [0.15, 0.2) is 12.2 Å². The predicted octanol–water partition coefficient (Wildman–Crippen LogP) is 12.7. The van der Waals surface area contributed by atoms with Gasteiger partial charge >= 0.3 is 0 Å². The molecule has 0 saturated carbocycles. The zero-order valence-electron chi connectivity index (χ0n) is 31.4. The number of unbranched alkanes of at least 4 members (excludes halogenated alkanes) is 29. The molecule has 0 unspecified atom stereocenters. The summed E-state index contributed by atoms with van der Waals surface area (Å²) < 4.78 is 0. The second-order valence-electron chi connectivity index (χ2n) is 14.4. The third kappa shape index (κ3) is 34.5. The molecule has 4 heteroatoms. The van der Waals surface area contributed by atoms with Gasteiger partial charge in [-0.2, -0.15) is 0 Å². The van der Waals surface area contributed by atoms with Gasteiger partial charge in [-0.25, -0.2) is 0 Å². The van der Waals surface area contributed by atoms with Gasteiger partial charge < -0.3 is 15.5 Å². The van der Waals surface area contributed by atoms with Crippen molar-refractivity contribution in [1.29, 1.82) is 0 Å². The molecule has 0 heterocycles. The third-order valence-corrected chi connectivity index (χ3v) is 9.78. The van der Waals surface area contributed by atoms with Crippen molar-refractivity contribution < 1.29 is 15.0 Å². The first kappa shape index (κ1) is 45.1. The van der Waals surface area contributed by atoms with Crippen LogP contribution in [0.2, 0.25) is 0 Å². The van der Waals surface area contributed by atoms with Gasteiger partial charge in [0.05, 0.1) is 18.8 Å². The minimum Gasteiger partial charge on any atom is -0.394 e. The first-order valence-electron chi connectivity index (χ1n) is 20.9. The number of aliphatic hydroxyl groups is 2. The topological polar surface area (TPSA) is 69.6 Å². The lowest BCUT2D eigenvalue weighted by molar-refractivity contribution is -0.123. The zero-order chi connectivity index (χ0) is 33.6. The minimum absolute atomic E-state index is 0.0376. The van der Waals surface area contributed by atoms with Gasteiger partial charge in [-0.1, -0.05) is 199 Å². The monoisotopic (exact) mass is 650 g/mol. The van der Waals surface area contributed by atoms with E-state index in [2.05, 4.69) is 31.3 Å². The first-order valence-corrected chi connectivity index (χ1v) is 20.9. The summed E-state index contributed by atoms with van der Waals surface area (Å²) in [7, 11) is 0. The van der Waals surface area contributed by atoms with E-state index < -0.39 is 12.1 Å². The van der Waals surface area contributed by atoms with Gasteiger partial charge in [0.25, 0.3) is 0 Å². The molecule has 3 N–H and O–H groups in total. The molecule has 0 radical (unpaired) electrons. The Morgan fingerprint density at radius 1 is 0.500 bits per heavy atom. The van der Waals surface area contributed by atoms with Gasteiger partial charge in [-0.3, -0.25) is 4.79 Å². The molecule has 0 saturated heterocycles. The van der Waals surface area contributed by atoms with Gasteiger partial charge in [-0.05, 0) is 38.5 Å². The second kappa shape index (κ2) is 38.6. The van der Waals surface area contributed by atoms with Crippen molar-refractivity contribution in [2.45, 2.75) is 244 Å². The second-order valence-corrected chi connectivity index (χ2v) is 14.4. The van der Waals surface area contributed by atoms with Crippen LogP contribution in [0.1, 0.15) is 232 Å². The summed E-state index contributed by atoms with van der Waals surface area (Å²) in [5.41, 5.74) is 0. The van der Waals surface area contributed by atoms with Gasteiger partial charge in [0.2, 0.25) is 5.91 Å². The maximum absolute atomic E-state index is 12.4.